The number of hydrogen-bond donors (Lipinski definition) is 1. The Morgan fingerprint density at radius 1 is 1.36 bits per heavy atom. The number of aliphatic imine (C=N–C) groups is 1. The number of aromatic nitrogens is 3. The minimum atomic E-state index is 0. The smallest absolute Gasteiger partial charge is 0.193 e. The van der Waals surface area contributed by atoms with E-state index < -0.39 is 0 Å². The van der Waals surface area contributed by atoms with Crippen LogP contribution in [0.4, 0.5) is 0 Å². The Morgan fingerprint density at radius 3 is 3.04 bits per heavy atom. The molecule has 1 N–H and O–H groups in total. The molecule has 2 aromatic rings. The Kier molecular flexibility index (Phi) is 8.28. The minimum Gasteiger partial charge on any atom is -0.357 e. The summed E-state index contributed by atoms with van der Waals surface area (Å²) in [5, 5.41) is 12.6. The average molecular weight is 474 g/mol. The molecule has 1 aliphatic rings. The topological polar surface area (TPSA) is 57.8 Å². The van der Waals surface area contributed by atoms with Crippen molar-refractivity contribution in [2.45, 2.75) is 31.9 Å². The molecule has 3 heterocycles. The Hall–Kier alpha value is -1.03. The monoisotopic (exact) mass is 474 g/mol. The summed E-state index contributed by atoms with van der Waals surface area (Å²) < 4.78 is 2.03. The van der Waals surface area contributed by atoms with Gasteiger partial charge in [0.1, 0.15) is 5.82 Å². The molecule has 1 unspecified atom stereocenters. The second-order valence-electron chi connectivity index (χ2n) is 5.88. The first kappa shape index (κ1) is 20.3. The van der Waals surface area contributed by atoms with Crippen LogP contribution in [0.5, 0.6) is 0 Å². The molecule has 0 aliphatic carbocycles. The summed E-state index contributed by atoms with van der Waals surface area (Å²) in [4.78, 5) is 7.23. The maximum absolute atomic E-state index is 4.83. The molecule has 1 aliphatic heterocycles. The van der Waals surface area contributed by atoms with Gasteiger partial charge in [0.15, 0.2) is 11.6 Å². The van der Waals surface area contributed by atoms with Crippen LogP contribution in [0.15, 0.2) is 29.4 Å². The van der Waals surface area contributed by atoms with Crippen LogP contribution >= 0.6 is 35.7 Å². The minimum absolute atomic E-state index is 0. The zero-order chi connectivity index (χ0) is 16.8. The van der Waals surface area contributed by atoms with E-state index in [0.717, 1.165) is 50.0 Å². The maximum atomic E-state index is 4.83. The van der Waals surface area contributed by atoms with Crippen LogP contribution in [0.2, 0.25) is 0 Å². The van der Waals surface area contributed by atoms with Gasteiger partial charge in [-0.2, -0.15) is 11.8 Å². The van der Waals surface area contributed by atoms with Gasteiger partial charge in [0.25, 0.3) is 0 Å². The molecule has 0 saturated carbocycles. The van der Waals surface area contributed by atoms with Gasteiger partial charge < -0.3 is 10.2 Å². The lowest BCUT2D eigenvalue weighted by atomic mass is 10.3. The predicted molar refractivity (Wildman–Crippen MR) is 116 cm³/mol. The second kappa shape index (κ2) is 10.2. The van der Waals surface area contributed by atoms with Gasteiger partial charge in [-0.1, -0.05) is 13.0 Å². The molecule has 1 saturated heterocycles. The molecule has 6 nitrogen and oxygen atoms in total. The van der Waals surface area contributed by atoms with Gasteiger partial charge in [0, 0.05) is 49.8 Å². The van der Waals surface area contributed by atoms with Gasteiger partial charge in [-0.05, 0) is 25.5 Å². The molecule has 0 spiro atoms. The van der Waals surface area contributed by atoms with E-state index in [1.54, 1.807) is 0 Å². The number of hydrogen-bond acceptors (Lipinski definition) is 4. The van der Waals surface area contributed by atoms with Crippen LogP contribution in [-0.4, -0.2) is 62.6 Å². The lowest BCUT2D eigenvalue weighted by Crippen LogP contribution is -2.48. The van der Waals surface area contributed by atoms with E-state index in [1.165, 1.54) is 12.2 Å². The van der Waals surface area contributed by atoms with Gasteiger partial charge in [-0.15, -0.1) is 34.2 Å². The second-order valence-corrected chi connectivity index (χ2v) is 7.29. The van der Waals surface area contributed by atoms with Gasteiger partial charge in [-0.25, -0.2) is 0 Å². The summed E-state index contributed by atoms with van der Waals surface area (Å²) in [6.45, 7) is 8.16. The molecule has 0 radical (unpaired) electrons. The van der Waals surface area contributed by atoms with E-state index in [-0.39, 0.29) is 24.0 Å². The number of guanidine groups is 1. The molecule has 0 aromatic carbocycles. The van der Waals surface area contributed by atoms with E-state index in [4.69, 9.17) is 4.99 Å². The average Bonchev–Trinajstić information content (AvgIpc) is 3.04. The molecule has 1 fully saturated rings. The highest BCUT2D eigenvalue weighted by molar-refractivity contribution is 14.0. The Morgan fingerprint density at radius 2 is 2.24 bits per heavy atom. The van der Waals surface area contributed by atoms with Crippen LogP contribution in [0.3, 0.4) is 0 Å². The van der Waals surface area contributed by atoms with Gasteiger partial charge in [-0.3, -0.25) is 9.39 Å². The van der Waals surface area contributed by atoms with E-state index in [0.29, 0.717) is 5.25 Å². The SMILES string of the molecule is CCNC(=NCCc1nnc2ccccn12)N1CCSC(CC)C1.I. The number of fused-ring (bicyclic) bond motifs is 1. The van der Waals surface area contributed by atoms with E-state index >= 15 is 0 Å². The lowest BCUT2D eigenvalue weighted by Gasteiger charge is -2.34. The lowest BCUT2D eigenvalue weighted by molar-refractivity contribution is 0.408. The Balaban J connectivity index is 0.00000225. The summed E-state index contributed by atoms with van der Waals surface area (Å²) in [5.74, 6) is 3.17. The van der Waals surface area contributed by atoms with Crippen LogP contribution in [0, 0.1) is 0 Å². The first-order valence-corrected chi connectivity index (χ1v) is 9.80. The van der Waals surface area contributed by atoms with Crippen molar-refractivity contribution in [3.63, 3.8) is 0 Å². The molecule has 0 bridgehead atoms. The third-order valence-electron chi connectivity index (χ3n) is 4.21. The normalized spacial score (nSPS) is 18.2. The van der Waals surface area contributed by atoms with Crippen molar-refractivity contribution in [2.75, 3.05) is 31.9 Å². The summed E-state index contributed by atoms with van der Waals surface area (Å²) in [5.41, 5.74) is 0.891. The number of halogens is 1. The highest BCUT2D eigenvalue weighted by Gasteiger charge is 2.21. The van der Waals surface area contributed by atoms with Crippen molar-refractivity contribution in [2.24, 2.45) is 4.99 Å². The number of pyridine rings is 1. The van der Waals surface area contributed by atoms with Crippen LogP contribution in [0.25, 0.3) is 5.65 Å². The fourth-order valence-electron chi connectivity index (χ4n) is 2.91. The molecule has 1 atom stereocenters. The van der Waals surface area contributed by atoms with Crippen LogP contribution in [0.1, 0.15) is 26.1 Å². The number of thioether (sulfide) groups is 1. The molecule has 25 heavy (non-hydrogen) atoms. The molecule has 0 amide bonds. The van der Waals surface area contributed by atoms with Gasteiger partial charge >= 0.3 is 0 Å². The molecule has 8 heteroatoms. The standard InChI is InChI=1S/C17H26N6S.HI/c1-3-14-13-22(11-12-24-14)17(18-4-2)19-9-8-16-21-20-15-7-5-6-10-23(15)16;/h5-7,10,14H,3-4,8-9,11-13H2,1-2H3,(H,18,19);1H. The summed E-state index contributed by atoms with van der Waals surface area (Å²) in [7, 11) is 0. The summed E-state index contributed by atoms with van der Waals surface area (Å²) in [6.07, 6.45) is 4.01. The van der Waals surface area contributed by atoms with Crippen molar-refractivity contribution >= 4 is 47.3 Å². The fraction of sp³-hybridized carbons (Fsp3) is 0.588. The van der Waals surface area contributed by atoms with E-state index in [2.05, 4.69) is 46.0 Å². The van der Waals surface area contributed by atoms with Crippen molar-refractivity contribution in [3.05, 3.63) is 30.2 Å². The maximum Gasteiger partial charge on any atom is 0.193 e. The number of rotatable bonds is 5. The van der Waals surface area contributed by atoms with Crippen molar-refractivity contribution in [1.29, 1.82) is 0 Å². The molecular weight excluding hydrogens is 447 g/mol. The third-order valence-corrected chi connectivity index (χ3v) is 5.58. The third kappa shape index (κ3) is 5.22. The Labute approximate surface area is 170 Å². The van der Waals surface area contributed by atoms with Crippen molar-refractivity contribution in [3.8, 4) is 0 Å². The summed E-state index contributed by atoms with van der Waals surface area (Å²) in [6, 6.07) is 5.96. The van der Waals surface area contributed by atoms with Crippen molar-refractivity contribution in [1.82, 2.24) is 24.8 Å². The quantitative estimate of drug-likeness (QED) is 0.411. The molecule has 3 rings (SSSR count). The van der Waals surface area contributed by atoms with E-state index in [9.17, 15) is 0 Å². The highest BCUT2D eigenvalue weighted by atomic mass is 127. The molecule has 2 aromatic heterocycles. The van der Waals surface area contributed by atoms with Gasteiger partial charge in [0.05, 0.1) is 0 Å². The first-order chi connectivity index (χ1) is 11.8. The largest absolute Gasteiger partial charge is 0.357 e. The zero-order valence-electron chi connectivity index (χ0n) is 14.9. The highest BCUT2D eigenvalue weighted by Crippen LogP contribution is 2.21. The van der Waals surface area contributed by atoms with Crippen LogP contribution < -0.4 is 5.32 Å². The van der Waals surface area contributed by atoms with Crippen molar-refractivity contribution < 1.29 is 0 Å². The number of nitrogens with one attached hydrogen (secondary N) is 1. The fourth-order valence-corrected chi connectivity index (χ4v) is 4.09. The van der Waals surface area contributed by atoms with Gasteiger partial charge in [0.2, 0.25) is 0 Å². The predicted octanol–water partition coefficient (Wildman–Crippen LogP) is 2.68. The molecular formula is C17H27IN6S. The number of nitrogens with zero attached hydrogens (tertiary/aromatic N) is 5. The molecule has 138 valence electrons. The Bertz CT molecular complexity index is 689. The zero-order valence-corrected chi connectivity index (χ0v) is 18.0. The van der Waals surface area contributed by atoms with Crippen LogP contribution in [-0.2, 0) is 6.42 Å². The first-order valence-electron chi connectivity index (χ1n) is 8.75. The summed E-state index contributed by atoms with van der Waals surface area (Å²) >= 11 is 2.08. The van der Waals surface area contributed by atoms with E-state index in [1.807, 2.05) is 28.8 Å².